The first-order chi connectivity index (χ1) is 8.56. The molecule has 0 saturated heterocycles. The van der Waals surface area contributed by atoms with E-state index in [1.807, 2.05) is 43.3 Å². The Labute approximate surface area is 120 Å². The van der Waals surface area contributed by atoms with Gasteiger partial charge in [0.25, 0.3) is 0 Å². The minimum atomic E-state index is 0.0234. The number of nitrogens with two attached hydrogens (primary N) is 1. The summed E-state index contributed by atoms with van der Waals surface area (Å²) in [6.07, 6.45) is 0. The average molecular weight is 327 g/mol. The number of benzene rings is 2. The zero-order valence-electron chi connectivity index (χ0n) is 9.86. The fourth-order valence-corrected chi connectivity index (χ4v) is 2.24. The third-order valence-electron chi connectivity index (χ3n) is 2.53. The van der Waals surface area contributed by atoms with Crippen molar-refractivity contribution in [3.8, 4) is 11.5 Å². The first-order valence-electron chi connectivity index (χ1n) is 5.54. The highest BCUT2D eigenvalue weighted by molar-refractivity contribution is 9.10. The predicted octanol–water partition coefficient (Wildman–Crippen LogP) is 4.91. The monoisotopic (exact) mass is 325 g/mol. The highest BCUT2D eigenvalue weighted by atomic mass is 79.9. The molecular weight excluding hydrogens is 314 g/mol. The second kappa shape index (κ2) is 5.74. The zero-order valence-corrected chi connectivity index (χ0v) is 12.2. The molecule has 94 valence electrons. The number of hydrogen-bond donors (Lipinski definition) is 1. The Morgan fingerprint density at radius 3 is 2.39 bits per heavy atom. The Morgan fingerprint density at radius 1 is 1.17 bits per heavy atom. The van der Waals surface area contributed by atoms with Gasteiger partial charge in [-0.2, -0.15) is 0 Å². The molecule has 0 aliphatic carbocycles. The Hall–Kier alpha value is -1.03. The lowest BCUT2D eigenvalue weighted by molar-refractivity contribution is 0.482. The van der Waals surface area contributed by atoms with Gasteiger partial charge in [-0.3, -0.25) is 0 Å². The van der Waals surface area contributed by atoms with E-state index in [0.717, 1.165) is 15.8 Å². The summed E-state index contributed by atoms with van der Waals surface area (Å²) in [6, 6.07) is 13.2. The second-order valence-electron chi connectivity index (χ2n) is 4.03. The highest BCUT2D eigenvalue weighted by Crippen LogP contribution is 2.31. The SMILES string of the molecule is C[C@H](N)c1ccc(Oc2ccc(Br)cc2Cl)cc1. The number of ether oxygens (including phenoxy) is 1. The minimum absolute atomic E-state index is 0.0234. The molecule has 2 nitrogen and oxygen atoms in total. The van der Waals surface area contributed by atoms with E-state index in [2.05, 4.69) is 15.9 Å². The van der Waals surface area contributed by atoms with E-state index in [1.54, 1.807) is 6.07 Å². The summed E-state index contributed by atoms with van der Waals surface area (Å²) < 4.78 is 6.63. The molecule has 0 spiro atoms. The van der Waals surface area contributed by atoms with Gasteiger partial charge in [-0.25, -0.2) is 0 Å². The molecule has 0 heterocycles. The number of rotatable bonds is 3. The van der Waals surface area contributed by atoms with E-state index >= 15 is 0 Å². The molecule has 0 amide bonds. The molecule has 0 saturated carbocycles. The second-order valence-corrected chi connectivity index (χ2v) is 5.36. The summed E-state index contributed by atoms with van der Waals surface area (Å²) in [5.74, 6) is 1.37. The molecule has 1 atom stereocenters. The van der Waals surface area contributed by atoms with Crippen LogP contribution in [0, 0.1) is 0 Å². The van der Waals surface area contributed by atoms with Crippen LogP contribution in [0.15, 0.2) is 46.9 Å². The normalized spacial score (nSPS) is 12.2. The van der Waals surface area contributed by atoms with Gasteiger partial charge >= 0.3 is 0 Å². The first-order valence-corrected chi connectivity index (χ1v) is 6.72. The Kier molecular flexibility index (Phi) is 4.27. The molecule has 0 aliphatic rings. The van der Waals surface area contributed by atoms with Crippen molar-refractivity contribution in [3.05, 3.63) is 57.5 Å². The molecule has 0 bridgehead atoms. The van der Waals surface area contributed by atoms with Gasteiger partial charge in [0, 0.05) is 10.5 Å². The summed E-state index contributed by atoms with van der Waals surface area (Å²) in [5, 5.41) is 0.570. The van der Waals surface area contributed by atoms with Crippen molar-refractivity contribution in [3.63, 3.8) is 0 Å². The molecule has 18 heavy (non-hydrogen) atoms. The quantitative estimate of drug-likeness (QED) is 0.869. The van der Waals surface area contributed by atoms with Gasteiger partial charge in [0.05, 0.1) is 5.02 Å². The summed E-state index contributed by atoms with van der Waals surface area (Å²) in [4.78, 5) is 0. The maximum Gasteiger partial charge on any atom is 0.146 e. The van der Waals surface area contributed by atoms with Gasteiger partial charge in [-0.15, -0.1) is 0 Å². The maximum atomic E-state index is 6.09. The van der Waals surface area contributed by atoms with Crippen LogP contribution in [0.5, 0.6) is 11.5 Å². The van der Waals surface area contributed by atoms with Crippen LogP contribution in [0.3, 0.4) is 0 Å². The largest absolute Gasteiger partial charge is 0.456 e. The Balaban J connectivity index is 2.18. The van der Waals surface area contributed by atoms with Gasteiger partial charge in [0.2, 0.25) is 0 Å². The maximum absolute atomic E-state index is 6.09. The molecule has 0 radical (unpaired) electrons. The Bertz CT molecular complexity index is 540. The fourth-order valence-electron chi connectivity index (χ4n) is 1.52. The molecular formula is C14H13BrClNO. The van der Waals surface area contributed by atoms with Crippen LogP contribution in [-0.2, 0) is 0 Å². The predicted molar refractivity (Wildman–Crippen MR) is 78.3 cm³/mol. The summed E-state index contributed by atoms with van der Waals surface area (Å²) in [7, 11) is 0. The number of hydrogen-bond acceptors (Lipinski definition) is 2. The van der Waals surface area contributed by atoms with Crippen molar-refractivity contribution in [2.75, 3.05) is 0 Å². The third-order valence-corrected chi connectivity index (χ3v) is 3.32. The smallest absolute Gasteiger partial charge is 0.146 e. The molecule has 0 aromatic heterocycles. The van der Waals surface area contributed by atoms with Crippen LogP contribution in [0.2, 0.25) is 5.02 Å². The van der Waals surface area contributed by atoms with Crippen LogP contribution in [0.1, 0.15) is 18.5 Å². The topological polar surface area (TPSA) is 35.2 Å². The van der Waals surface area contributed by atoms with Crippen LogP contribution in [0.25, 0.3) is 0 Å². The van der Waals surface area contributed by atoms with E-state index in [4.69, 9.17) is 22.1 Å². The summed E-state index contributed by atoms with van der Waals surface area (Å²) in [5.41, 5.74) is 6.86. The van der Waals surface area contributed by atoms with Crippen LogP contribution >= 0.6 is 27.5 Å². The van der Waals surface area contributed by atoms with Gasteiger partial charge in [0.15, 0.2) is 0 Å². The van der Waals surface area contributed by atoms with Crippen LogP contribution in [-0.4, -0.2) is 0 Å². The van der Waals surface area contributed by atoms with Crippen molar-refractivity contribution in [1.82, 2.24) is 0 Å². The third kappa shape index (κ3) is 3.25. The average Bonchev–Trinajstić information content (AvgIpc) is 2.33. The van der Waals surface area contributed by atoms with Gasteiger partial charge < -0.3 is 10.5 Å². The van der Waals surface area contributed by atoms with Crippen molar-refractivity contribution in [2.45, 2.75) is 13.0 Å². The first kappa shape index (κ1) is 13.4. The van der Waals surface area contributed by atoms with Crippen molar-refractivity contribution in [2.24, 2.45) is 5.73 Å². The molecule has 0 fully saturated rings. The summed E-state index contributed by atoms with van der Waals surface area (Å²) in [6.45, 7) is 1.95. The Morgan fingerprint density at radius 2 is 1.83 bits per heavy atom. The summed E-state index contributed by atoms with van der Waals surface area (Å²) >= 11 is 9.44. The van der Waals surface area contributed by atoms with E-state index < -0.39 is 0 Å². The number of halogens is 2. The molecule has 2 N–H and O–H groups in total. The highest BCUT2D eigenvalue weighted by Gasteiger charge is 2.04. The molecule has 2 aromatic rings. The molecule has 0 unspecified atom stereocenters. The van der Waals surface area contributed by atoms with Gasteiger partial charge in [-0.1, -0.05) is 39.7 Å². The van der Waals surface area contributed by atoms with E-state index in [-0.39, 0.29) is 6.04 Å². The standard InChI is InChI=1S/C14H13BrClNO/c1-9(17)10-2-5-12(6-3-10)18-14-7-4-11(15)8-13(14)16/h2-9H,17H2,1H3/t9-/m0/s1. The lowest BCUT2D eigenvalue weighted by Crippen LogP contribution is -2.04. The van der Waals surface area contributed by atoms with Crippen molar-refractivity contribution in [1.29, 1.82) is 0 Å². The van der Waals surface area contributed by atoms with Crippen LogP contribution in [0.4, 0.5) is 0 Å². The van der Waals surface area contributed by atoms with E-state index in [9.17, 15) is 0 Å². The molecule has 0 aliphatic heterocycles. The minimum Gasteiger partial charge on any atom is -0.456 e. The van der Waals surface area contributed by atoms with Gasteiger partial charge in [0.1, 0.15) is 11.5 Å². The molecule has 2 aromatic carbocycles. The zero-order chi connectivity index (χ0) is 13.1. The van der Waals surface area contributed by atoms with Crippen molar-refractivity contribution >= 4 is 27.5 Å². The lowest BCUT2D eigenvalue weighted by atomic mass is 10.1. The lowest BCUT2D eigenvalue weighted by Gasteiger charge is -2.10. The molecule has 4 heteroatoms. The van der Waals surface area contributed by atoms with E-state index in [0.29, 0.717) is 10.8 Å². The van der Waals surface area contributed by atoms with Crippen LogP contribution < -0.4 is 10.5 Å². The van der Waals surface area contributed by atoms with E-state index in [1.165, 1.54) is 0 Å². The molecule has 2 rings (SSSR count). The van der Waals surface area contributed by atoms with Crippen molar-refractivity contribution < 1.29 is 4.74 Å². The van der Waals surface area contributed by atoms with Gasteiger partial charge in [-0.05, 0) is 42.8 Å². The fraction of sp³-hybridized carbons (Fsp3) is 0.143.